The van der Waals surface area contributed by atoms with Gasteiger partial charge in [0.2, 0.25) is 0 Å². The molecule has 0 bridgehead atoms. The quantitative estimate of drug-likeness (QED) is 0.530. The van der Waals surface area contributed by atoms with Crippen molar-refractivity contribution in [1.29, 1.82) is 0 Å². The molecule has 0 atom stereocenters. The molecule has 0 saturated heterocycles. The molecule has 0 radical (unpaired) electrons. The lowest BCUT2D eigenvalue weighted by molar-refractivity contribution is 0.108. The summed E-state index contributed by atoms with van der Waals surface area (Å²) in [5, 5.41) is 0.159. The van der Waals surface area contributed by atoms with Crippen LogP contribution in [-0.2, 0) is 0 Å². The summed E-state index contributed by atoms with van der Waals surface area (Å²) in [6.45, 7) is 0. The van der Waals surface area contributed by atoms with E-state index in [2.05, 4.69) is 0 Å². The van der Waals surface area contributed by atoms with Gasteiger partial charge in [-0.25, -0.2) is 4.79 Å². The van der Waals surface area contributed by atoms with Crippen LogP contribution in [0.25, 0.3) is 22.1 Å². The molecule has 3 nitrogen and oxygen atoms in total. The van der Waals surface area contributed by atoms with Crippen LogP contribution in [0, 0.1) is 0 Å². The normalized spacial score (nSPS) is 10.7. The number of carbonyl (C=O) groups excluding carboxylic acids is 1. The molecule has 0 unspecified atom stereocenters. The largest absolute Gasteiger partial charge is 0.422 e. The fourth-order valence-electron chi connectivity index (χ4n) is 2.05. The van der Waals surface area contributed by atoms with Gasteiger partial charge >= 0.3 is 5.63 Å². The first kappa shape index (κ1) is 12.6. The van der Waals surface area contributed by atoms with Crippen LogP contribution in [0.2, 0.25) is 0 Å². The fraction of sp³-hybridized carbons (Fsp3) is 0. The minimum atomic E-state index is -0.582. The second kappa shape index (κ2) is 4.94. The Morgan fingerprint density at radius 1 is 1.00 bits per heavy atom. The Balaban J connectivity index is 2.23. The Morgan fingerprint density at radius 3 is 2.45 bits per heavy atom. The van der Waals surface area contributed by atoms with Crippen LogP contribution in [0.15, 0.2) is 63.8 Å². The second-order valence-electron chi connectivity index (χ2n) is 4.34. The molecule has 0 saturated carbocycles. The summed E-state index contributed by atoms with van der Waals surface area (Å²) in [6, 6.07) is 15.8. The maximum Gasteiger partial charge on any atom is 0.344 e. The van der Waals surface area contributed by atoms with Crippen molar-refractivity contribution in [2.75, 3.05) is 0 Å². The van der Waals surface area contributed by atoms with Gasteiger partial charge in [-0.05, 0) is 35.4 Å². The Kier molecular flexibility index (Phi) is 3.12. The number of hydrogen-bond acceptors (Lipinski definition) is 3. The van der Waals surface area contributed by atoms with Gasteiger partial charge in [-0.15, -0.1) is 0 Å². The third kappa shape index (κ3) is 2.24. The lowest BCUT2D eigenvalue weighted by atomic mass is 10.1. The highest BCUT2D eigenvalue weighted by Gasteiger charge is 2.09. The van der Waals surface area contributed by atoms with E-state index in [1.807, 2.05) is 30.3 Å². The zero-order valence-corrected chi connectivity index (χ0v) is 11.1. The van der Waals surface area contributed by atoms with E-state index in [0.717, 1.165) is 10.9 Å². The number of hydrogen-bond donors (Lipinski definition) is 0. The van der Waals surface area contributed by atoms with E-state index in [1.165, 1.54) is 6.07 Å². The lowest BCUT2D eigenvalue weighted by Gasteiger charge is -2.03. The van der Waals surface area contributed by atoms with Gasteiger partial charge in [0.25, 0.3) is 5.24 Å². The Hall–Kier alpha value is -2.39. The molecule has 0 N–H and O–H groups in total. The van der Waals surface area contributed by atoms with E-state index in [-0.39, 0.29) is 0 Å². The van der Waals surface area contributed by atoms with Gasteiger partial charge in [0.1, 0.15) is 5.58 Å². The van der Waals surface area contributed by atoms with Crippen molar-refractivity contribution in [2.45, 2.75) is 0 Å². The summed E-state index contributed by atoms with van der Waals surface area (Å²) in [4.78, 5) is 23.1. The van der Waals surface area contributed by atoms with E-state index in [9.17, 15) is 9.59 Å². The molecule has 0 fully saturated rings. The van der Waals surface area contributed by atoms with E-state index >= 15 is 0 Å². The van der Waals surface area contributed by atoms with Gasteiger partial charge in [-0.3, -0.25) is 4.79 Å². The monoisotopic (exact) mass is 284 g/mol. The van der Waals surface area contributed by atoms with Crippen LogP contribution in [0.5, 0.6) is 0 Å². The van der Waals surface area contributed by atoms with Crippen LogP contribution in [-0.4, -0.2) is 5.24 Å². The fourth-order valence-corrected chi connectivity index (χ4v) is 2.17. The molecule has 2 aromatic carbocycles. The van der Waals surface area contributed by atoms with Gasteiger partial charge in [0.15, 0.2) is 0 Å². The van der Waals surface area contributed by atoms with E-state index in [4.69, 9.17) is 16.0 Å². The predicted octanol–water partition coefficient (Wildman–Crippen LogP) is 3.84. The first-order valence-electron chi connectivity index (χ1n) is 5.98. The molecule has 3 rings (SSSR count). The molecule has 0 aliphatic rings. The molecular weight excluding hydrogens is 276 g/mol. The average Bonchev–Trinajstić information content (AvgIpc) is 2.46. The minimum absolute atomic E-state index is 0.301. The van der Waals surface area contributed by atoms with Crippen molar-refractivity contribution in [2.24, 2.45) is 0 Å². The summed E-state index contributed by atoms with van der Waals surface area (Å²) >= 11 is 5.41. The number of carbonyl (C=O) groups is 1. The molecule has 1 aromatic heterocycles. The van der Waals surface area contributed by atoms with Crippen molar-refractivity contribution in [1.82, 2.24) is 0 Å². The smallest absolute Gasteiger partial charge is 0.344 e. The van der Waals surface area contributed by atoms with Crippen molar-refractivity contribution < 1.29 is 9.21 Å². The number of benzene rings is 2. The summed E-state index contributed by atoms with van der Waals surface area (Å²) in [5.74, 6) is 0. The first-order chi connectivity index (χ1) is 9.65. The van der Waals surface area contributed by atoms with Crippen LogP contribution in [0.1, 0.15) is 10.4 Å². The zero-order chi connectivity index (χ0) is 14.1. The molecule has 0 aliphatic carbocycles. The van der Waals surface area contributed by atoms with Crippen LogP contribution >= 0.6 is 11.6 Å². The summed E-state index contributed by atoms with van der Waals surface area (Å²) in [7, 11) is 0. The lowest BCUT2D eigenvalue weighted by Crippen LogP contribution is -2.03. The van der Waals surface area contributed by atoms with Crippen molar-refractivity contribution in [3.8, 4) is 11.1 Å². The average molecular weight is 285 g/mol. The van der Waals surface area contributed by atoms with Crippen LogP contribution in [0.3, 0.4) is 0 Å². The Morgan fingerprint density at radius 2 is 1.75 bits per heavy atom. The highest BCUT2D eigenvalue weighted by Crippen LogP contribution is 2.22. The third-order valence-electron chi connectivity index (χ3n) is 3.05. The Labute approximate surface area is 119 Å². The third-order valence-corrected chi connectivity index (χ3v) is 3.27. The molecule has 98 valence electrons. The topological polar surface area (TPSA) is 47.3 Å². The van der Waals surface area contributed by atoms with E-state index in [1.54, 1.807) is 18.2 Å². The second-order valence-corrected chi connectivity index (χ2v) is 4.68. The molecule has 0 spiro atoms. The standard InChI is InChI=1S/C16H9ClO3/c17-15(18)12-7-6-11-8-13(10-4-2-1-3-5-10)16(19)20-14(11)9-12/h1-9H. The maximum absolute atomic E-state index is 12.0. The minimum Gasteiger partial charge on any atom is -0.422 e. The summed E-state index contributed by atoms with van der Waals surface area (Å²) in [6.07, 6.45) is 0. The molecule has 0 aliphatic heterocycles. The van der Waals surface area contributed by atoms with Gasteiger partial charge in [-0.1, -0.05) is 36.4 Å². The van der Waals surface area contributed by atoms with Gasteiger partial charge in [-0.2, -0.15) is 0 Å². The molecule has 20 heavy (non-hydrogen) atoms. The SMILES string of the molecule is O=C(Cl)c1ccc2cc(-c3ccccc3)c(=O)oc2c1. The van der Waals surface area contributed by atoms with Crippen molar-refractivity contribution in [3.63, 3.8) is 0 Å². The summed E-state index contributed by atoms with van der Waals surface area (Å²) in [5.41, 5.74) is 1.49. The number of fused-ring (bicyclic) bond motifs is 1. The van der Waals surface area contributed by atoms with Gasteiger partial charge in [0, 0.05) is 10.9 Å². The first-order valence-corrected chi connectivity index (χ1v) is 6.36. The van der Waals surface area contributed by atoms with Crippen molar-refractivity contribution in [3.05, 3.63) is 70.6 Å². The molecule has 0 amide bonds. The van der Waals surface area contributed by atoms with E-state index in [0.29, 0.717) is 16.7 Å². The van der Waals surface area contributed by atoms with Crippen LogP contribution in [0.4, 0.5) is 0 Å². The molecular formula is C16H9ClO3. The highest BCUT2D eigenvalue weighted by atomic mass is 35.5. The predicted molar refractivity (Wildman–Crippen MR) is 78.1 cm³/mol. The van der Waals surface area contributed by atoms with Gasteiger partial charge < -0.3 is 4.42 Å². The summed E-state index contributed by atoms with van der Waals surface area (Å²) < 4.78 is 5.27. The van der Waals surface area contributed by atoms with Crippen molar-refractivity contribution >= 4 is 27.8 Å². The zero-order valence-electron chi connectivity index (χ0n) is 10.3. The maximum atomic E-state index is 12.0. The van der Waals surface area contributed by atoms with Gasteiger partial charge in [0.05, 0.1) is 5.56 Å². The molecule has 3 aromatic rings. The van der Waals surface area contributed by atoms with Crippen LogP contribution < -0.4 is 5.63 Å². The van der Waals surface area contributed by atoms with E-state index < -0.39 is 10.9 Å². The molecule has 1 heterocycles. The molecule has 4 heteroatoms. The number of halogens is 1. The highest BCUT2D eigenvalue weighted by molar-refractivity contribution is 6.67. The number of rotatable bonds is 2. The Bertz CT molecular complexity index is 850.